The Morgan fingerprint density at radius 2 is 2.10 bits per heavy atom. The maximum Gasteiger partial charge on any atom is 0.0801 e. The zero-order valence-corrected chi connectivity index (χ0v) is 6.06. The van der Waals surface area contributed by atoms with Crippen molar-refractivity contribution in [2.75, 3.05) is 11.2 Å². The summed E-state index contributed by atoms with van der Waals surface area (Å²) in [5.41, 5.74) is 9.53. The fraction of sp³-hybridized carbons (Fsp3) is 0. The highest BCUT2D eigenvalue weighted by Gasteiger charge is 1.91. The summed E-state index contributed by atoms with van der Waals surface area (Å²) in [5.74, 6) is 0. The summed E-state index contributed by atoms with van der Waals surface area (Å²) >= 11 is 4.35. The van der Waals surface area contributed by atoms with E-state index >= 15 is 0 Å². The quantitative estimate of drug-likeness (QED) is 0.497. The molecular formula is C6H7N3S. The molecule has 0 aliphatic rings. The molecule has 0 aliphatic carbocycles. The summed E-state index contributed by atoms with van der Waals surface area (Å²) in [4.78, 5) is 0. The molecule has 1 aromatic carbocycles. The minimum absolute atomic E-state index is 0.649. The van der Waals surface area contributed by atoms with Crippen molar-refractivity contribution < 1.29 is 0 Å². The molecule has 1 rings (SSSR count). The Balaban J connectivity index is 2.91. The summed E-state index contributed by atoms with van der Waals surface area (Å²) in [5, 5.41) is 0. The molecule has 4 heteroatoms. The van der Waals surface area contributed by atoms with Crippen LogP contribution in [0, 0.1) is 0 Å². The van der Waals surface area contributed by atoms with Gasteiger partial charge in [-0.05, 0) is 12.1 Å². The Morgan fingerprint density at radius 1 is 1.40 bits per heavy atom. The number of hydrogen-bond donors (Lipinski definition) is 2. The summed E-state index contributed by atoms with van der Waals surface area (Å²) in [7, 11) is 0. The standard InChI is InChI=1S/C6H7N3S/c7-5-3-1-2-4-6(5)8-9-10/h1-4H,7H2,(H,8,10). The van der Waals surface area contributed by atoms with Crippen molar-refractivity contribution in [3.63, 3.8) is 0 Å². The number of benzene rings is 1. The number of hydrogen-bond acceptors (Lipinski definition) is 3. The third-order valence-corrected chi connectivity index (χ3v) is 1.22. The van der Waals surface area contributed by atoms with Gasteiger partial charge < -0.3 is 5.73 Å². The van der Waals surface area contributed by atoms with Gasteiger partial charge in [0.1, 0.15) is 0 Å². The molecule has 0 unspecified atom stereocenters. The maximum atomic E-state index is 5.54. The monoisotopic (exact) mass is 153 g/mol. The van der Waals surface area contributed by atoms with Crippen molar-refractivity contribution in [3.05, 3.63) is 24.3 Å². The van der Waals surface area contributed by atoms with Crippen molar-refractivity contribution >= 4 is 23.8 Å². The number of nitrogens with one attached hydrogen (secondary N) is 1. The van der Waals surface area contributed by atoms with Gasteiger partial charge in [0.15, 0.2) is 0 Å². The van der Waals surface area contributed by atoms with Crippen molar-refractivity contribution in [3.8, 4) is 0 Å². The molecule has 0 saturated carbocycles. The highest BCUT2D eigenvalue weighted by Crippen LogP contribution is 2.15. The molecule has 3 nitrogen and oxygen atoms in total. The smallest absolute Gasteiger partial charge is 0.0801 e. The Hall–Kier alpha value is -1.16. The predicted molar refractivity (Wildman–Crippen MR) is 44.3 cm³/mol. The van der Waals surface area contributed by atoms with Gasteiger partial charge in [-0.2, -0.15) is 0 Å². The lowest BCUT2D eigenvalue weighted by atomic mass is 10.3. The van der Waals surface area contributed by atoms with E-state index in [1.807, 2.05) is 18.2 Å². The van der Waals surface area contributed by atoms with Gasteiger partial charge >= 0.3 is 0 Å². The fourth-order valence-electron chi connectivity index (χ4n) is 0.648. The van der Waals surface area contributed by atoms with Crippen LogP contribution >= 0.6 is 0 Å². The first-order chi connectivity index (χ1) is 4.84. The van der Waals surface area contributed by atoms with Crippen molar-refractivity contribution in [1.29, 1.82) is 0 Å². The average Bonchev–Trinajstić information content (AvgIpc) is 1.94. The Bertz CT molecular complexity index is 236. The minimum Gasteiger partial charge on any atom is -0.397 e. The van der Waals surface area contributed by atoms with Gasteiger partial charge in [-0.15, -0.1) is 4.47 Å². The van der Waals surface area contributed by atoms with E-state index in [2.05, 4.69) is 22.3 Å². The summed E-state index contributed by atoms with van der Waals surface area (Å²) in [6.07, 6.45) is 0. The first kappa shape index (κ1) is 6.95. The normalized spacial score (nSPS) is 8.80. The molecule has 0 bridgehead atoms. The minimum atomic E-state index is 0.649. The summed E-state index contributed by atoms with van der Waals surface area (Å²) in [6.45, 7) is 0. The van der Waals surface area contributed by atoms with E-state index in [0.717, 1.165) is 5.69 Å². The SMILES string of the molecule is Nc1ccccc1NN=S. The zero-order chi connectivity index (χ0) is 7.40. The molecule has 0 spiro atoms. The van der Waals surface area contributed by atoms with Crippen LogP contribution in [-0.2, 0) is 12.4 Å². The molecule has 0 saturated heterocycles. The van der Waals surface area contributed by atoms with E-state index in [1.165, 1.54) is 0 Å². The van der Waals surface area contributed by atoms with E-state index in [1.54, 1.807) is 6.07 Å². The summed E-state index contributed by atoms with van der Waals surface area (Å²) < 4.78 is 3.32. The highest BCUT2D eigenvalue weighted by atomic mass is 32.1. The maximum absolute atomic E-state index is 5.54. The van der Waals surface area contributed by atoms with Crippen molar-refractivity contribution in [2.45, 2.75) is 0 Å². The van der Waals surface area contributed by atoms with Gasteiger partial charge in [0.25, 0.3) is 0 Å². The molecule has 3 N–H and O–H groups in total. The van der Waals surface area contributed by atoms with Crippen LogP contribution in [0.5, 0.6) is 0 Å². The number of rotatable bonds is 2. The van der Waals surface area contributed by atoms with E-state index in [0.29, 0.717) is 5.69 Å². The molecule has 0 fully saturated rings. The van der Waals surface area contributed by atoms with Crippen molar-refractivity contribution in [1.82, 2.24) is 0 Å². The van der Waals surface area contributed by atoms with Crippen LogP contribution in [0.25, 0.3) is 0 Å². The molecule has 0 atom stereocenters. The first-order valence-electron chi connectivity index (χ1n) is 2.77. The van der Waals surface area contributed by atoms with E-state index in [-0.39, 0.29) is 0 Å². The van der Waals surface area contributed by atoms with E-state index in [4.69, 9.17) is 5.73 Å². The molecule has 52 valence electrons. The number of nitrogen functional groups attached to an aromatic ring is 1. The third kappa shape index (κ3) is 1.41. The first-order valence-corrected chi connectivity index (χ1v) is 3.14. The second-order valence-corrected chi connectivity index (χ2v) is 1.97. The largest absolute Gasteiger partial charge is 0.397 e. The van der Waals surface area contributed by atoms with Crippen LogP contribution in [0.2, 0.25) is 0 Å². The van der Waals surface area contributed by atoms with Crippen molar-refractivity contribution in [2.24, 2.45) is 4.47 Å². The Morgan fingerprint density at radius 3 is 2.70 bits per heavy atom. The van der Waals surface area contributed by atoms with Crippen LogP contribution in [0.1, 0.15) is 0 Å². The molecule has 0 amide bonds. The second-order valence-electron chi connectivity index (χ2n) is 1.79. The number of nitrogens with two attached hydrogens (primary N) is 1. The molecule has 0 radical (unpaired) electrons. The number of para-hydroxylation sites is 2. The zero-order valence-electron chi connectivity index (χ0n) is 5.24. The third-order valence-electron chi connectivity index (χ3n) is 1.13. The second kappa shape index (κ2) is 3.12. The molecule has 0 aromatic heterocycles. The van der Waals surface area contributed by atoms with Gasteiger partial charge in [0.2, 0.25) is 0 Å². The molecule has 0 aliphatic heterocycles. The van der Waals surface area contributed by atoms with Gasteiger partial charge in [0, 0.05) is 0 Å². The summed E-state index contributed by atoms with van der Waals surface area (Å²) in [6, 6.07) is 7.30. The Labute approximate surface area is 64.4 Å². The van der Waals surface area contributed by atoms with Gasteiger partial charge in [0.05, 0.1) is 23.8 Å². The van der Waals surface area contributed by atoms with Gasteiger partial charge in [-0.3, -0.25) is 5.43 Å². The van der Waals surface area contributed by atoms with Crippen LogP contribution < -0.4 is 11.2 Å². The van der Waals surface area contributed by atoms with Gasteiger partial charge in [-0.25, -0.2) is 0 Å². The van der Waals surface area contributed by atoms with E-state index in [9.17, 15) is 0 Å². The highest BCUT2D eigenvalue weighted by molar-refractivity contribution is 7.47. The lowest BCUT2D eigenvalue weighted by molar-refractivity contribution is 1.39. The number of nitrogens with zero attached hydrogens (tertiary/aromatic N) is 1. The molecule has 0 heterocycles. The topological polar surface area (TPSA) is 50.4 Å². The van der Waals surface area contributed by atoms with Crippen LogP contribution in [0.3, 0.4) is 0 Å². The number of anilines is 2. The lowest BCUT2D eigenvalue weighted by Crippen LogP contribution is -1.92. The van der Waals surface area contributed by atoms with Crippen LogP contribution in [-0.4, -0.2) is 0 Å². The Kier molecular flexibility index (Phi) is 2.17. The van der Waals surface area contributed by atoms with Crippen LogP contribution in [0.15, 0.2) is 28.7 Å². The van der Waals surface area contributed by atoms with Gasteiger partial charge in [-0.1, -0.05) is 12.1 Å². The predicted octanol–water partition coefficient (Wildman–Crippen LogP) is 1.33. The molecule has 1 aromatic rings. The fourth-order valence-corrected chi connectivity index (χ4v) is 0.746. The van der Waals surface area contributed by atoms with E-state index < -0.39 is 0 Å². The van der Waals surface area contributed by atoms with Crippen LogP contribution in [0.4, 0.5) is 11.4 Å². The lowest BCUT2D eigenvalue weighted by Gasteiger charge is -2.00. The average molecular weight is 153 g/mol. The molecule has 10 heavy (non-hydrogen) atoms. The molecular weight excluding hydrogens is 146 g/mol.